The van der Waals surface area contributed by atoms with Crippen molar-refractivity contribution in [2.75, 3.05) is 26.8 Å². The van der Waals surface area contributed by atoms with Crippen molar-refractivity contribution < 1.29 is 9.47 Å². The summed E-state index contributed by atoms with van der Waals surface area (Å²) in [5.41, 5.74) is 6.86. The molecule has 2 aromatic rings. The first-order valence-corrected chi connectivity index (χ1v) is 7.98. The molecule has 0 amide bonds. The van der Waals surface area contributed by atoms with Crippen LogP contribution in [0.25, 0.3) is 0 Å². The minimum Gasteiger partial charge on any atom is -0.497 e. The Bertz CT molecular complexity index is 615. The van der Waals surface area contributed by atoms with Crippen LogP contribution in [0.3, 0.4) is 0 Å². The quantitative estimate of drug-likeness (QED) is 0.418. The van der Waals surface area contributed by atoms with Gasteiger partial charge in [0.25, 0.3) is 0 Å². The normalized spacial score (nSPS) is 11.1. The molecule has 0 saturated heterocycles. The summed E-state index contributed by atoms with van der Waals surface area (Å²) in [6.45, 7) is 1.93. The summed E-state index contributed by atoms with van der Waals surface area (Å²) in [6, 6.07) is 13.4. The second-order valence-corrected chi connectivity index (χ2v) is 5.14. The zero-order valence-corrected chi connectivity index (χ0v) is 13.9. The highest BCUT2D eigenvalue weighted by molar-refractivity contribution is 5.77. The van der Waals surface area contributed by atoms with E-state index >= 15 is 0 Å². The minimum absolute atomic E-state index is 0.454. The lowest BCUT2D eigenvalue weighted by Gasteiger charge is -2.07. The Hall–Kier alpha value is -2.76. The Kier molecular flexibility index (Phi) is 7.40. The van der Waals surface area contributed by atoms with Crippen molar-refractivity contribution in [3.8, 4) is 11.5 Å². The van der Waals surface area contributed by atoms with E-state index in [1.807, 2.05) is 42.5 Å². The molecule has 0 unspecified atom stereocenters. The van der Waals surface area contributed by atoms with Crippen LogP contribution in [0.1, 0.15) is 12.1 Å². The summed E-state index contributed by atoms with van der Waals surface area (Å²) in [6.07, 6.45) is 3.40. The van der Waals surface area contributed by atoms with Gasteiger partial charge in [-0.05, 0) is 36.4 Å². The van der Waals surface area contributed by atoms with Crippen LogP contribution in [0, 0.1) is 0 Å². The fourth-order valence-corrected chi connectivity index (χ4v) is 2.05. The molecule has 24 heavy (non-hydrogen) atoms. The molecule has 6 heteroatoms. The summed E-state index contributed by atoms with van der Waals surface area (Å²) in [7, 11) is 1.64. The van der Waals surface area contributed by atoms with E-state index in [-0.39, 0.29) is 0 Å². The first kappa shape index (κ1) is 17.6. The summed E-state index contributed by atoms with van der Waals surface area (Å²) in [5, 5.41) is 3.09. The smallest absolute Gasteiger partial charge is 0.188 e. The molecule has 0 spiro atoms. The lowest BCUT2D eigenvalue weighted by atomic mass is 10.3. The number of rotatable bonds is 9. The van der Waals surface area contributed by atoms with Gasteiger partial charge in [-0.2, -0.15) is 0 Å². The maximum absolute atomic E-state index is 5.83. The van der Waals surface area contributed by atoms with E-state index < -0.39 is 0 Å². The van der Waals surface area contributed by atoms with E-state index in [0.717, 1.165) is 30.0 Å². The third-order valence-electron chi connectivity index (χ3n) is 3.33. The predicted molar refractivity (Wildman–Crippen MR) is 95.5 cm³/mol. The third-order valence-corrected chi connectivity index (χ3v) is 3.33. The summed E-state index contributed by atoms with van der Waals surface area (Å²) in [4.78, 5) is 8.53. The molecule has 3 N–H and O–H groups in total. The second-order valence-electron chi connectivity index (χ2n) is 5.14. The second kappa shape index (κ2) is 10.1. The van der Waals surface area contributed by atoms with Crippen molar-refractivity contribution in [2.45, 2.75) is 12.8 Å². The van der Waals surface area contributed by atoms with Crippen molar-refractivity contribution in [3.05, 3.63) is 54.4 Å². The summed E-state index contributed by atoms with van der Waals surface area (Å²) in [5.74, 6) is 2.09. The molecule has 0 saturated carbocycles. The molecule has 0 aliphatic carbocycles. The van der Waals surface area contributed by atoms with Gasteiger partial charge in [0.15, 0.2) is 5.96 Å². The van der Waals surface area contributed by atoms with Crippen LogP contribution in [0.2, 0.25) is 0 Å². The van der Waals surface area contributed by atoms with E-state index in [1.54, 1.807) is 13.3 Å². The Morgan fingerprint density at radius 3 is 2.67 bits per heavy atom. The van der Waals surface area contributed by atoms with Crippen molar-refractivity contribution in [1.82, 2.24) is 10.3 Å². The summed E-state index contributed by atoms with van der Waals surface area (Å²) >= 11 is 0. The maximum Gasteiger partial charge on any atom is 0.188 e. The zero-order chi connectivity index (χ0) is 17.0. The average Bonchev–Trinajstić information content (AvgIpc) is 2.63. The Morgan fingerprint density at radius 2 is 1.96 bits per heavy atom. The van der Waals surface area contributed by atoms with Crippen molar-refractivity contribution in [1.29, 1.82) is 0 Å². The van der Waals surface area contributed by atoms with Gasteiger partial charge in [0.1, 0.15) is 11.5 Å². The van der Waals surface area contributed by atoms with E-state index in [0.29, 0.717) is 25.7 Å². The largest absolute Gasteiger partial charge is 0.497 e. The van der Waals surface area contributed by atoms with Crippen LogP contribution in [-0.2, 0) is 6.42 Å². The molecule has 2 rings (SSSR count). The van der Waals surface area contributed by atoms with E-state index in [4.69, 9.17) is 15.2 Å². The van der Waals surface area contributed by atoms with Gasteiger partial charge in [-0.15, -0.1) is 0 Å². The molecule has 0 aliphatic heterocycles. The fraction of sp³-hybridized carbons (Fsp3) is 0.333. The van der Waals surface area contributed by atoms with Gasteiger partial charge >= 0.3 is 0 Å². The Labute approximate surface area is 142 Å². The van der Waals surface area contributed by atoms with Crippen LogP contribution in [0.5, 0.6) is 11.5 Å². The lowest BCUT2D eigenvalue weighted by molar-refractivity contribution is 0.312. The van der Waals surface area contributed by atoms with Gasteiger partial charge in [-0.25, -0.2) is 0 Å². The van der Waals surface area contributed by atoms with E-state index in [2.05, 4.69) is 15.3 Å². The fourth-order valence-electron chi connectivity index (χ4n) is 2.05. The van der Waals surface area contributed by atoms with Crippen LogP contribution >= 0.6 is 0 Å². The topological polar surface area (TPSA) is 81.8 Å². The highest BCUT2D eigenvalue weighted by Gasteiger charge is 1.97. The van der Waals surface area contributed by atoms with Gasteiger partial charge in [0.05, 0.1) is 13.7 Å². The molecule has 0 radical (unpaired) electrons. The molecule has 6 nitrogen and oxygen atoms in total. The number of methoxy groups -OCH3 is 1. The molecule has 0 aliphatic rings. The molecule has 0 bridgehead atoms. The summed E-state index contributed by atoms with van der Waals surface area (Å²) < 4.78 is 10.7. The van der Waals surface area contributed by atoms with Crippen molar-refractivity contribution in [3.63, 3.8) is 0 Å². The zero-order valence-electron chi connectivity index (χ0n) is 13.9. The molecule has 0 atom stereocenters. The molecule has 1 heterocycles. The maximum atomic E-state index is 5.83. The Morgan fingerprint density at radius 1 is 1.17 bits per heavy atom. The number of hydrogen-bond donors (Lipinski definition) is 2. The van der Waals surface area contributed by atoms with Gasteiger partial charge in [0, 0.05) is 37.8 Å². The molecule has 1 aromatic heterocycles. The number of benzene rings is 1. The highest BCUT2D eigenvalue weighted by atomic mass is 16.5. The van der Waals surface area contributed by atoms with Crippen LogP contribution in [0.4, 0.5) is 0 Å². The number of aliphatic imine (C=N–C) groups is 1. The minimum atomic E-state index is 0.454. The van der Waals surface area contributed by atoms with Crippen LogP contribution < -0.4 is 20.5 Å². The molecule has 1 aromatic carbocycles. The van der Waals surface area contributed by atoms with E-state index in [9.17, 15) is 0 Å². The third kappa shape index (κ3) is 6.56. The molecule has 0 fully saturated rings. The number of nitrogens with one attached hydrogen (secondary N) is 1. The number of guanidine groups is 1. The number of ether oxygens (including phenoxy) is 2. The van der Waals surface area contributed by atoms with Gasteiger partial charge in [0.2, 0.25) is 0 Å². The first-order valence-electron chi connectivity index (χ1n) is 7.98. The van der Waals surface area contributed by atoms with Gasteiger partial charge in [-0.3, -0.25) is 9.98 Å². The highest BCUT2D eigenvalue weighted by Crippen LogP contribution is 2.16. The molecular weight excluding hydrogens is 304 g/mol. The predicted octanol–water partition coefficient (Wildman–Crippen LogP) is 2.01. The number of nitrogens with two attached hydrogens (primary N) is 1. The van der Waals surface area contributed by atoms with Gasteiger partial charge in [-0.1, -0.05) is 6.07 Å². The average molecular weight is 328 g/mol. The van der Waals surface area contributed by atoms with E-state index in [1.165, 1.54) is 0 Å². The van der Waals surface area contributed by atoms with Crippen molar-refractivity contribution >= 4 is 5.96 Å². The standard InChI is InChI=1S/C18H24N4O2/c1-23-16-6-8-17(9-7-16)24-14-4-12-21-18(19)22-13-10-15-5-2-3-11-20-15/h2-3,5-9,11H,4,10,12-14H2,1H3,(H3,19,21,22). The SMILES string of the molecule is COc1ccc(OCCCN=C(N)NCCc2ccccn2)cc1. The Balaban J connectivity index is 1.57. The molecular formula is C18H24N4O2. The number of nitrogens with zero attached hydrogens (tertiary/aromatic N) is 2. The monoisotopic (exact) mass is 328 g/mol. The first-order chi connectivity index (χ1) is 11.8. The van der Waals surface area contributed by atoms with Crippen LogP contribution in [0.15, 0.2) is 53.7 Å². The van der Waals surface area contributed by atoms with Gasteiger partial charge < -0.3 is 20.5 Å². The van der Waals surface area contributed by atoms with Crippen molar-refractivity contribution in [2.24, 2.45) is 10.7 Å². The molecule has 128 valence electrons. The van der Waals surface area contributed by atoms with Crippen LogP contribution in [-0.4, -0.2) is 37.7 Å². The number of hydrogen-bond acceptors (Lipinski definition) is 4. The lowest BCUT2D eigenvalue weighted by Crippen LogP contribution is -2.33. The number of pyridine rings is 1. The number of aromatic nitrogens is 1.